The highest BCUT2D eigenvalue weighted by atomic mass is 19.1. The standard InChI is InChI=1S/C16H13FN4O3/c1-9-3-5-12(21(23)24)7-13(9)19-16(22)15-10(2)18-14-6-4-11(17)8-20(14)15/h3-8H,1-2H3,(H,19,22). The Bertz CT molecular complexity index is 981. The van der Waals surface area contributed by atoms with Gasteiger partial charge in [0.1, 0.15) is 17.2 Å². The van der Waals surface area contributed by atoms with E-state index in [2.05, 4.69) is 10.3 Å². The number of rotatable bonds is 3. The number of pyridine rings is 1. The highest BCUT2D eigenvalue weighted by molar-refractivity contribution is 6.05. The maximum Gasteiger partial charge on any atom is 0.274 e. The number of aryl methyl sites for hydroxylation is 2. The van der Waals surface area contributed by atoms with Gasteiger partial charge in [-0.3, -0.25) is 19.3 Å². The van der Waals surface area contributed by atoms with Gasteiger partial charge in [-0.1, -0.05) is 6.07 Å². The van der Waals surface area contributed by atoms with Gasteiger partial charge in [0.15, 0.2) is 0 Å². The quantitative estimate of drug-likeness (QED) is 0.590. The molecule has 0 bridgehead atoms. The van der Waals surface area contributed by atoms with Crippen molar-refractivity contribution < 1.29 is 14.1 Å². The van der Waals surface area contributed by atoms with Crippen LogP contribution in [0.2, 0.25) is 0 Å². The summed E-state index contributed by atoms with van der Waals surface area (Å²) in [4.78, 5) is 27.1. The van der Waals surface area contributed by atoms with Gasteiger partial charge in [-0.05, 0) is 31.5 Å². The zero-order chi connectivity index (χ0) is 17.4. The molecule has 0 unspecified atom stereocenters. The third kappa shape index (κ3) is 2.69. The lowest BCUT2D eigenvalue weighted by Crippen LogP contribution is -2.16. The van der Waals surface area contributed by atoms with Crippen molar-refractivity contribution in [3.05, 3.63) is 69.4 Å². The molecule has 0 saturated heterocycles. The van der Waals surface area contributed by atoms with Crippen molar-refractivity contribution in [2.24, 2.45) is 0 Å². The fraction of sp³-hybridized carbons (Fsp3) is 0.125. The summed E-state index contributed by atoms with van der Waals surface area (Å²) in [5, 5.41) is 13.5. The molecule has 2 aromatic heterocycles. The molecule has 2 heterocycles. The molecule has 24 heavy (non-hydrogen) atoms. The Hall–Kier alpha value is -3.29. The third-order valence-corrected chi connectivity index (χ3v) is 3.65. The number of nitrogens with one attached hydrogen (secondary N) is 1. The van der Waals surface area contributed by atoms with Crippen molar-refractivity contribution in [2.75, 3.05) is 5.32 Å². The number of halogens is 1. The number of hydrogen-bond acceptors (Lipinski definition) is 4. The van der Waals surface area contributed by atoms with Gasteiger partial charge in [0.05, 0.1) is 16.3 Å². The number of nitrogens with zero attached hydrogens (tertiary/aromatic N) is 3. The highest BCUT2D eigenvalue weighted by Gasteiger charge is 2.19. The number of fused-ring (bicyclic) bond motifs is 1. The van der Waals surface area contributed by atoms with Gasteiger partial charge in [0.25, 0.3) is 11.6 Å². The van der Waals surface area contributed by atoms with E-state index in [0.717, 1.165) is 0 Å². The number of carbonyl (C=O) groups excluding carboxylic acids is 1. The maximum atomic E-state index is 13.5. The first kappa shape index (κ1) is 15.6. The van der Waals surface area contributed by atoms with Crippen molar-refractivity contribution in [3.8, 4) is 0 Å². The van der Waals surface area contributed by atoms with Crippen LogP contribution in [0.1, 0.15) is 21.7 Å². The van der Waals surface area contributed by atoms with Gasteiger partial charge < -0.3 is 5.32 Å². The largest absolute Gasteiger partial charge is 0.320 e. The van der Waals surface area contributed by atoms with Crippen molar-refractivity contribution in [3.63, 3.8) is 0 Å². The molecule has 1 amide bonds. The third-order valence-electron chi connectivity index (χ3n) is 3.65. The van der Waals surface area contributed by atoms with E-state index in [0.29, 0.717) is 22.6 Å². The smallest absolute Gasteiger partial charge is 0.274 e. The summed E-state index contributed by atoms with van der Waals surface area (Å²) in [6, 6.07) is 6.92. The first-order valence-corrected chi connectivity index (χ1v) is 7.07. The van der Waals surface area contributed by atoms with Crippen LogP contribution in [0.4, 0.5) is 15.8 Å². The number of carbonyl (C=O) groups is 1. The number of aromatic nitrogens is 2. The minimum atomic E-state index is -0.538. The summed E-state index contributed by atoms with van der Waals surface area (Å²) in [5.74, 6) is -1.02. The van der Waals surface area contributed by atoms with Gasteiger partial charge in [0, 0.05) is 18.3 Å². The molecule has 0 radical (unpaired) electrons. The normalized spacial score (nSPS) is 10.8. The van der Waals surface area contributed by atoms with Crippen LogP contribution in [0.5, 0.6) is 0 Å². The Morgan fingerprint density at radius 3 is 2.75 bits per heavy atom. The predicted octanol–water partition coefficient (Wildman–Crippen LogP) is 3.25. The van der Waals surface area contributed by atoms with Crippen LogP contribution in [0.3, 0.4) is 0 Å². The van der Waals surface area contributed by atoms with E-state index in [1.807, 2.05) is 0 Å². The van der Waals surface area contributed by atoms with Gasteiger partial charge in [-0.15, -0.1) is 0 Å². The molecule has 122 valence electrons. The van der Waals surface area contributed by atoms with Crippen LogP contribution < -0.4 is 5.32 Å². The van der Waals surface area contributed by atoms with Crippen molar-refractivity contribution >= 4 is 22.9 Å². The van der Waals surface area contributed by atoms with Crippen LogP contribution in [0.25, 0.3) is 5.65 Å². The Labute approximate surface area is 135 Å². The van der Waals surface area contributed by atoms with Crippen LogP contribution >= 0.6 is 0 Å². The van der Waals surface area contributed by atoms with Crippen LogP contribution in [-0.4, -0.2) is 20.2 Å². The van der Waals surface area contributed by atoms with Crippen LogP contribution in [-0.2, 0) is 0 Å². The lowest BCUT2D eigenvalue weighted by molar-refractivity contribution is -0.384. The number of imidazole rings is 1. The zero-order valence-electron chi connectivity index (χ0n) is 12.9. The average molecular weight is 328 g/mol. The lowest BCUT2D eigenvalue weighted by atomic mass is 10.1. The number of amides is 1. The molecule has 0 spiro atoms. The minimum absolute atomic E-state index is 0.128. The summed E-state index contributed by atoms with van der Waals surface area (Å²) in [6.45, 7) is 3.36. The molecule has 3 aromatic rings. The number of hydrogen-bond donors (Lipinski definition) is 1. The summed E-state index contributed by atoms with van der Waals surface area (Å²) in [7, 11) is 0. The summed E-state index contributed by atoms with van der Waals surface area (Å²) >= 11 is 0. The first-order chi connectivity index (χ1) is 11.4. The number of non-ortho nitro benzene ring substituents is 1. The van der Waals surface area contributed by atoms with E-state index in [1.54, 1.807) is 19.9 Å². The van der Waals surface area contributed by atoms with Gasteiger partial charge in [-0.2, -0.15) is 0 Å². The van der Waals surface area contributed by atoms with E-state index in [-0.39, 0.29) is 11.4 Å². The second kappa shape index (κ2) is 5.73. The monoisotopic (exact) mass is 328 g/mol. The average Bonchev–Trinajstić information content (AvgIpc) is 2.84. The van der Waals surface area contributed by atoms with E-state index in [9.17, 15) is 19.3 Å². The van der Waals surface area contributed by atoms with E-state index in [4.69, 9.17) is 0 Å². The SMILES string of the molecule is Cc1ccc([N+](=O)[O-])cc1NC(=O)c1c(C)nc2ccc(F)cn12. The molecule has 3 rings (SSSR count). The minimum Gasteiger partial charge on any atom is -0.320 e. The van der Waals surface area contributed by atoms with Crippen molar-refractivity contribution in [1.82, 2.24) is 9.38 Å². The highest BCUT2D eigenvalue weighted by Crippen LogP contribution is 2.23. The second-order valence-corrected chi connectivity index (χ2v) is 5.33. The molecule has 0 aliphatic carbocycles. The molecular weight excluding hydrogens is 315 g/mol. The molecule has 8 heteroatoms. The second-order valence-electron chi connectivity index (χ2n) is 5.33. The first-order valence-electron chi connectivity index (χ1n) is 7.07. The molecule has 7 nitrogen and oxygen atoms in total. The molecule has 1 N–H and O–H groups in total. The number of anilines is 1. The molecular formula is C16H13FN4O3. The Kier molecular flexibility index (Phi) is 3.72. The number of nitro benzene ring substituents is 1. The molecule has 0 aliphatic rings. The molecule has 0 saturated carbocycles. The zero-order valence-corrected chi connectivity index (χ0v) is 12.9. The Morgan fingerprint density at radius 1 is 1.29 bits per heavy atom. The maximum absolute atomic E-state index is 13.5. The summed E-state index contributed by atoms with van der Waals surface area (Å²) in [5.41, 5.74) is 1.91. The van der Waals surface area contributed by atoms with E-state index in [1.165, 1.54) is 34.9 Å². The van der Waals surface area contributed by atoms with E-state index < -0.39 is 16.6 Å². The van der Waals surface area contributed by atoms with Gasteiger partial charge >= 0.3 is 0 Å². The van der Waals surface area contributed by atoms with Crippen LogP contribution in [0.15, 0.2) is 36.5 Å². The summed E-state index contributed by atoms with van der Waals surface area (Å²) < 4.78 is 14.8. The number of benzene rings is 1. The van der Waals surface area contributed by atoms with Gasteiger partial charge in [-0.25, -0.2) is 9.37 Å². The van der Waals surface area contributed by atoms with E-state index >= 15 is 0 Å². The fourth-order valence-corrected chi connectivity index (χ4v) is 2.45. The molecule has 0 aliphatic heterocycles. The van der Waals surface area contributed by atoms with Gasteiger partial charge in [0.2, 0.25) is 0 Å². The van der Waals surface area contributed by atoms with Crippen LogP contribution in [0, 0.1) is 29.8 Å². The Morgan fingerprint density at radius 2 is 2.04 bits per heavy atom. The van der Waals surface area contributed by atoms with Crippen molar-refractivity contribution in [2.45, 2.75) is 13.8 Å². The topological polar surface area (TPSA) is 89.5 Å². The fourth-order valence-electron chi connectivity index (χ4n) is 2.45. The predicted molar refractivity (Wildman–Crippen MR) is 85.7 cm³/mol. The molecule has 0 fully saturated rings. The number of nitro groups is 1. The molecule has 1 aromatic carbocycles. The van der Waals surface area contributed by atoms with Crippen molar-refractivity contribution in [1.29, 1.82) is 0 Å². The molecule has 0 atom stereocenters. The lowest BCUT2D eigenvalue weighted by Gasteiger charge is -2.09. The summed E-state index contributed by atoms with van der Waals surface area (Å²) in [6.07, 6.45) is 1.17. The Balaban J connectivity index is 2.02.